The lowest BCUT2D eigenvalue weighted by atomic mass is 9.77. The number of fused-ring (bicyclic) bond motifs is 6. The summed E-state index contributed by atoms with van der Waals surface area (Å²) in [5.41, 5.74) is 6.72. The zero-order valence-corrected chi connectivity index (χ0v) is 23.4. The highest BCUT2D eigenvalue weighted by Crippen LogP contribution is 2.50. The Morgan fingerprint density at radius 2 is 1.57 bits per heavy atom. The molecule has 0 N–H and O–H groups in total. The number of methoxy groups -OCH3 is 3. The molecule has 4 aromatic rings. The molecular formula is C34H35NO5. The third-order valence-electron chi connectivity index (χ3n) is 8.99. The molecular weight excluding hydrogens is 502 g/mol. The first-order valence-corrected chi connectivity index (χ1v) is 14.1. The Bertz CT molecular complexity index is 1580. The molecule has 6 nitrogen and oxygen atoms in total. The smallest absolute Gasteiger partial charge is 0.231 e. The van der Waals surface area contributed by atoms with Crippen LogP contribution in [0.25, 0.3) is 10.8 Å². The Kier molecular flexibility index (Phi) is 6.43. The van der Waals surface area contributed by atoms with Crippen molar-refractivity contribution in [1.82, 2.24) is 4.90 Å². The van der Waals surface area contributed by atoms with Crippen molar-refractivity contribution in [3.8, 4) is 28.7 Å². The lowest BCUT2D eigenvalue weighted by Crippen LogP contribution is -2.41. The van der Waals surface area contributed by atoms with Crippen molar-refractivity contribution in [3.05, 3.63) is 88.5 Å². The molecule has 0 spiro atoms. The van der Waals surface area contributed by atoms with Gasteiger partial charge < -0.3 is 23.7 Å². The fraction of sp³-hybridized carbons (Fsp3) is 0.353. The van der Waals surface area contributed by atoms with Gasteiger partial charge in [0.05, 0.1) is 21.3 Å². The Morgan fingerprint density at radius 1 is 0.825 bits per heavy atom. The maximum atomic E-state index is 5.84. The lowest BCUT2D eigenvalue weighted by Gasteiger charge is -2.45. The number of hydrogen-bond donors (Lipinski definition) is 0. The molecule has 3 heterocycles. The normalized spacial score (nSPS) is 19.1. The van der Waals surface area contributed by atoms with E-state index in [1.807, 2.05) is 6.07 Å². The van der Waals surface area contributed by atoms with Crippen molar-refractivity contribution in [2.75, 3.05) is 34.7 Å². The van der Waals surface area contributed by atoms with Gasteiger partial charge in [-0.1, -0.05) is 36.4 Å². The van der Waals surface area contributed by atoms with Gasteiger partial charge in [0.1, 0.15) is 5.75 Å². The van der Waals surface area contributed by atoms with Gasteiger partial charge in [0, 0.05) is 30.1 Å². The highest BCUT2D eigenvalue weighted by atomic mass is 16.7. The number of aryl methyl sites for hydroxylation is 1. The van der Waals surface area contributed by atoms with Gasteiger partial charge in [-0.3, -0.25) is 4.90 Å². The van der Waals surface area contributed by atoms with Gasteiger partial charge in [-0.25, -0.2) is 0 Å². The maximum Gasteiger partial charge on any atom is 0.231 e. The van der Waals surface area contributed by atoms with E-state index in [0.29, 0.717) is 18.8 Å². The SMILES string of the molecule is COc1ccc2c(c1OC)CN1CC(CCCc3ccc(OC)c4ccccc34)c3cc4c(cc3C1C2)OCO4. The first-order valence-electron chi connectivity index (χ1n) is 14.1. The second-order valence-corrected chi connectivity index (χ2v) is 11.0. The van der Waals surface area contributed by atoms with Crippen molar-refractivity contribution >= 4 is 10.8 Å². The molecule has 0 amide bonds. The van der Waals surface area contributed by atoms with Crippen LogP contribution in [0.3, 0.4) is 0 Å². The first-order chi connectivity index (χ1) is 19.7. The van der Waals surface area contributed by atoms with Crippen molar-refractivity contribution in [3.63, 3.8) is 0 Å². The van der Waals surface area contributed by atoms with Gasteiger partial charge in [0.15, 0.2) is 23.0 Å². The molecule has 7 rings (SSSR count). The van der Waals surface area contributed by atoms with Gasteiger partial charge in [-0.2, -0.15) is 0 Å². The number of rotatable bonds is 7. The second-order valence-electron chi connectivity index (χ2n) is 11.0. The summed E-state index contributed by atoms with van der Waals surface area (Å²) in [7, 11) is 5.19. The molecule has 2 atom stereocenters. The van der Waals surface area contributed by atoms with E-state index in [2.05, 4.69) is 59.5 Å². The molecule has 2 unspecified atom stereocenters. The minimum atomic E-state index is 0.293. The number of nitrogens with zero attached hydrogens (tertiary/aromatic N) is 1. The van der Waals surface area contributed by atoms with Gasteiger partial charge in [0.2, 0.25) is 6.79 Å². The molecule has 3 aliphatic rings. The number of ether oxygens (including phenoxy) is 5. The quantitative estimate of drug-likeness (QED) is 0.258. The Labute approximate surface area is 235 Å². The van der Waals surface area contributed by atoms with Crippen LogP contribution in [0.15, 0.2) is 60.7 Å². The van der Waals surface area contributed by atoms with Gasteiger partial charge in [-0.15, -0.1) is 0 Å². The van der Waals surface area contributed by atoms with E-state index >= 15 is 0 Å². The van der Waals surface area contributed by atoms with Crippen LogP contribution in [-0.2, 0) is 19.4 Å². The lowest BCUT2D eigenvalue weighted by molar-refractivity contribution is 0.138. The average molecular weight is 538 g/mol. The molecule has 0 saturated carbocycles. The van der Waals surface area contributed by atoms with E-state index in [4.69, 9.17) is 23.7 Å². The molecule has 0 fully saturated rings. The molecule has 206 valence electrons. The van der Waals surface area contributed by atoms with Crippen LogP contribution in [0.2, 0.25) is 0 Å². The zero-order chi connectivity index (χ0) is 27.2. The third kappa shape index (κ3) is 4.13. The van der Waals surface area contributed by atoms with E-state index in [1.165, 1.54) is 38.6 Å². The Hall–Kier alpha value is -3.90. The minimum Gasteiger partial charge on any atom is -0.496 e. The fourth-order valence-corrected chi connectivity index (χ4v) is 7.06. The van der Waals surface area contributed by atoms with Gasteiger partial charge in [-0.05, 0) is 83.5 Å². The van der Waals surface area contributed by atoms with Crippen molar-refractivity contribution in [2.24, 2.45) is 0 Å². The largest absolute Gasteiger partial charge is 0.496 e. The minimum absolute atomic E-state index is 0.293. The summed E-state index contributed by atoms with van der Waals surface area (Å²) in [4.78, 5) is 2.63. The van der Waals surface area contributed by atoms with E-state index in [9.17, 15) is 0 Å². The predicted octanol–water partition coefficient (Wildman–Crippen LogP) is 6.81. The van der Waals surface area contributed by atoms with Crippen LogP contribution in [0.1, 0.15) is 52.6 Å². The highest BCUT2D eigenvalue weighted by molar-refractivity contribution is 5.91. The van der Waals surface area contributed by atoms with Crippen LogP contribution in [-0.4, -0.2) is 39.6 Å². The van der Waals surface area contributed by atoms with E-state index in [-0.39, 0.29) is 0 Å². The van der Waals surface area contributed by atoms with Crippen LogP contribution in [0.4, 0.5) is 0 Å². The highest BCUT2D eigenvalue weighted by Gasteiger charge is 2.39. The van der Waals surface area contributed by atoms with Crippen molar-refractivity contribution in [1.29, 1.82) is 0 Å². The number of hydrogen-bond acceptors (Lipinski definition) is 6. The summed E-state index contributed by atoms with van der Waals surface area (Å²) in [6, 6.07) is 21.9. The monoisotopic (exact) mass is 537 g/mol. The van der Waals surface area contributed by atoms with E-state index in [1.54, 1.807) is 21.3 Å². The van der Waals surface area contributed by atoms with Gasteiger partial charge >= 0.3 is 0 Å². The van der Waals surface area contributed by atoms with Crippen LogP contribution < -0.4 is 23.7 Å². The molecule has 0 aliphatic carbocycles. The molecule has 0 aromatic heterocycles. The maximum absolute atomic E-state index is 5.84. The summed E-state index contributed by atoms with van der Waals surface area (Å²) in [6.07, 6.45) is 4.16. The Morgan fingerprint density at radius 3 is 2.35 bits per heavy atom. The molecule has 3 aliphatic heterocycles. The fourth-order valence-electron chi connectivity index (χ4n) is 7.06. The second kappa shape index (κ2) is 10.3. The molecule has 0 bridgehead atoms. The number of benzene rings is 4. The molecule has 6 heteroatoms. The summed E-state index contributed by atoms with van der Waals surface area (Å²) >= 11 is 0. The molecule has 0 saturated heterocycles. The molecule has 4 aromatic carbocycles. The third-order valence-corrected chi connectivity index (χ3v) is 8.99. The molecule has 40 heavy (non-hydrogen) atoms. The summed E-state index contributed by atoms with van der Waals surface area (Å²) in [6.45, 7) is 2.13. The summed E-state index contributed by atoms with van der Waals surface area (Å²) in [5, 5.41) is 2.46. The Balaban J connectivity index is 1.19. The summed E-state index contributed by atoms with van der Waals surface area (Å²) in [5.74, 6) is 4.73. The summed E-state index contributed by atoms with van der Waals surface area (Å²) < 4.78 is 28.7. The van der Waals surface area contributed by atoms with Crippen LogP contribution >= 0.6 is 0 Å². The predicted molar refractivity (Wildman–Crippen MR) is 155 cm³/mol. The van der Waals surface area contributed by atoms with Crippen LogP contribution in [0, 0.1) is 0 Å². The molecule has 0 radical (unpaired) electrons. The average Bonchev–Trinajstić information content (AvgIpc) is 3.46. The van der Waals surface area contributed by atoms with E-state index < -0.39 is 0 Å². The van der Waals surface area contributed by atoms with Gasteiger partial charge in [0.25, 0.3) is 0 Å². The van der Waals surface area contributed by atoms with Crippen molar-refractivity contribution < 1.29 is 23.7 Å². The van der Waals surface area contributed by atoms with E-state index in [0.717, 1.165) is 67.5 Å². The van der Waals surface area contributed by atoms with Crippen molar-refractivity contribution in [2.45, 2.75) is 44.2 Å². The topological polar surface area (TPSA) is 49.4 Å². The van der Waals surface area contributed by atoms with Crippen LogP contribution in [0.5, 0.6) is 28.7 Å². The standard InChI is InChI=1S/C34H35NO5/c1-36-30-13-11-21(24-9-4-5-10-25(24)30)7-6-8-23-18-35-19-28-22(12-14-31(37-2)34(28)38-3)15-29(35)27-17-33-32(16-26(23)27)39-20-40-33/h4-5,9-14,16-17,23,29H,6-8,15,18-20H2,1-3H3. The zero-order valence-electron chi connectivity index (χ0n) is 23.4. The first kappa shape index (κ1) is 25.1.